The smallest absolute Gasteiger partial charge is 0.263 e. The lowest BCUT2D eigenvalue weighted by molar-refractivity contribution is 0.748. The minimum Gasteiger partial charge on any atom is -0.343 e. The lowest BCUT2D eigenvalue weighted by Gasteiger charge is -2.04. The van der Waals surface area contributed by atoms with Crippen LogP contribution in [0.1, 0.15) is 11.3 Å². The largest absolute Gasteiger partial charge is 0.343 e. The number of hydrogen-bond acceptors (Lipinski definition) is 2. The van der Waals surface area contributed by atoms with Crippen LogP contribution in [0.25, 0.3) is 11.0 Å². The number of aryl methyl sites for hydroxylation is 1. The fourth-order valence-corrected chi connectivity index (χ4v) is 2.07. The van der Waals surface area contributed by atoms with Gasteiger partial charge in [-0.05, 0) is 18.6 Å². The van der Waals surface area contributed by atoms with Crippen molar-refractivity contribution >= 4 is 11.0 Å². The molecule has 18 heavy (non-hydrogen) atoms. The second-order valence-electron chi connectivity index (χ2n) is 4.38. The Morgan fingerprint density at radius 3 is 2.83 bits per heavy atom. The first-order valence-electron chi connectivity index (χ1n) is 5.83. The standard InChI is InChI=1S/C14H13N3O/c1-10-7-12-13(16-10)15-9-17(14(12)18)8-11-5-3-2-4-6-11/h2-7,9,16H,8H2,1H3. The Morgan fingerprint density at radius 1 is 1.28 bits per heavy atom. The molecule has 3 rings (SSSR count). The fourth-order valence-electron chi connectivity index (χ4n) is 2.07. The molecule has 0 spiro atoms. The number of fused-ring (bicyclic) bond motifs is 1. The van der Waals surface area contributed by atoms with Gasteiger partial charge in [-0.15, -0.1) is 0 Å². The van der Waals surface area contributed by atoms with Gasteiger partial charge >= 0.3 is 0 Å². The van der Waals surface area contributed by atoms with Gasteiger partial charge in [0.15, 0.2) is 0 Å². The molecule has 0 saturated carbocycles. The summed E-state index contributed by atoms with van der Waals surface area (Å²) in [4.78, 5) is 19.6. The molecule has 3 aromatic rings. The highest BCUT2D eigenvalue weighted by molar-refractivity contribution is 5.75. The van der Waals surface area contributed by atoms with Crippen molar-refractivity contribution in [2.45, 2.75) is 13.5 Å². The molecule has 0 amide bonds. The fraction of sp³-hybridized carbons (Fsp3) is 0.143. The number of H-pyrrole nitrogens is 1. The molecule has 1 N–H and O–H groups in total. The Hall–Kier alpha value is -2.36. The second-order valence-corrected chi connectivity index (χ2v) is 4.38. The van der Waals surface area contributed by atoms with E-state index in [1.807, 2.05) is 43.3 Å². The average Bonchev–Trinajstić information content (AvgIpc) is 2.76. The van der Waals surface area contributed by atoms with E-state index in [-0.39, 0.29) is 5.56 Å². The lowest BCUT2D eigenvalue weighted by Crippen LogP contribution is -2.20. The number of aromatic nitrogens is 3. The molecule has 0 aliphatic rings. The van der Waals surface area contributed by atoms with Gasteiger partial charge in [-0.25, -0.2) is 4.98 Å². The van der Waals surface area contributed by atoms with Crippen LogP contribution < -0.4 is 5.56 Å². The van der Waals surface area contributed by atoms with Crippen molar-refractivity contribution in [3.8, 4) is 0 Å². The molecule has 0 saturated heterocycles. The molecule has 1 aromatic carbocycles. The maximum atomic E-state index is 12.2. The molecule has 0 unspecified atom stereocenters. The first-order chi connectivity index (χ1) is 8.74. The second kappa shape index (κ2) is 4.14. The molecule has 2 heterocycles. The summed E-state index contributed by atoms with van der Waals surface area (Å²) >= 11 is 0. The van der Waals surface area contributed by atoms with Crippen molar-refractivity contribution in [2.24, 2.45) is 0 Å². The normalized spacial score (nSPS) is 10.9. The minimum absolute atomic E-state index is 0.00629. The van der Waals surface area contributed by atoms with Crippen molar-refractivity contribution in [1.82, 2.24) is 14.5 Å². The predicted octanol–water partition coefficient (Wildman–Crippen LogP) is 2.08. The van der Waals surface area contributed by atoms with Gasteiger partial charge in [0.05, 0.1) is 11.9 Å². The van der Waals surface area contributed by atoms with Crippen molar-refractivity contribution in [2.75, 3.05) is 0 Å². The highest BCUT2D eigenvalue weighted by atomic mass is 16.1. The molecule has 0 radical (unpaired) electrons. The number of nitrogens with zero attached hydrogens (tertiary/aromatic N) is 2. The van der Waals surface area contributed by atoms with Crippen LogP contribution in [0.3, 0.4) is 0 Å². The number of aromatic amines is 1. The van der Waals surface area contributed by atoms with E-state index >= 15 is 0 Å². The van der Waals surface area contributed by atoms with Crippen LogP contribution in [0.2, 0.25) is 0 Å². The predicted molar refractivity (Wildman–Crippen MR) is 70.6 cm³/mol. The van der Waals surface area contributed by atoms with E-state index in [0.717, 1.165) is 11.3 Å². The Balaban J connectivity index is 2.08. The van der Waals surface area contributed by atoms with Gasteiger partial charge in [0.1, 0.15) is 12.0 Å². The van der Waals surface area contributed by atoms with Gasteiger partial charge in [0, 0.05) is 5.69 Å². The van der Waals surface area contributed by atoms with Crippen molar-refractivity contribution in [1.29, 1.82) is 0 Å². The number of hydrogen-bond donors (Lipinski definition) is 1. The Bertz CT molecular complexity index is 741. The van der Waals surface area contributed by atoms with Gasteiger partial charge in [0.2, 0.25) is 0 Å². The van der Waals surface area contributed by atoms with E-state index in [0.29, 0.717) is 17.6 Å². The van der Waals surface area contributed by atoms with E-state index in [9.17, 15) is 4.79 Å². The molecule has 0 atom stereocenters. The van der Waals surface area contributed by atoms with E-state index in [1.54, 1.807) is 10.9 Å². The van der Waals surface area contributed by atoms with Crippen molar-refractivity contribution in [3.63, 3.8) is 0 Å². The summed E-state index contributed by atoms with van der Waals surface area (Å²) in [7, 11) is 0. The highest BCUT2D eigenvalue weighted by Gasteiger charge is 2.06. The zero-order valence-corrected chi connectivity index (χ0v) is 10.1. The van der Waals surface area contributed by atoms with Crippen LogP contribution in [0, 0.1) is 6.92 Å². The number of nitrogens with one attached hydrogen (secondary N) is 1. The van der Waals surface area contributed by atoms with Crippen LogP contribution >= 0.6 is 0 Å². The van der Waals surface area contributed by atoms with Crippen LogP contribution in [-0.2, 0) is 6.54 Å². The average molecular weight is 239 g/mol. The van der Waals surface area contributed by atoms with Crippen LogP contribution in [0.5, 0.6) is 0 Å². The van der Waals surface area contributed by atoms with E-state index < -0.39 is 0 Å². The zero-order valence-electron chi connectivity index (χ0n) is 10.1. The Morgan fingerprint density at radius 2 is 2.06 bits per heavy atom. The third kappa shape index (κ3) is 1.82. The lowest BCUT2D eigenvalue weighted by atomic mass is 10.2. The van der Waals surface area contributed by atoms with Crippen LogP contribution in [0.4, 0.5) is 0 Å². The first kappa shape index (κ1) is 10.8. The number of benzene rings is 1. The SMILES string of the molecule is Cc1cc2c(=O)n(Cc3ccccc3)cnc2[nH]1. The van der Waals surface area contributed by atoms with Gasteiger partial charge in [0.25, 0.3) is 5.56 Å². The molecule has 0 bridgehead atoms. The van der Waals surface area contributed by atoms with Gasteiger partial charge in [-0.2, -0.15) is 0 Å². The topological polar surface area (TPSA) is 50.7 Å². The van der Waals surface area contributed by atoms with Crippen molar-refractivity contribution < 1.29 is 0 Å². The molecule has 4 nitrogen and oxygen atoms in total. The molecular formula is C14H13N3O. The third-order valence-corrected chi connectivity index (χ3v) is 2.94. The summed E-state index contributed by atoms with van der Waals surface area (Å²) in [5.41, 5.74) is 2.69. The minimum atomic E-state index is -0.00629. The summed E-state index contributed by atoms with van der Waals surface area (Å²) in [6, 6.07) is 11.7. The summed E-state index contributed by atoms with van der Waals surface area (Å²) in [6.45, 7) is 2.47. The molecule has 0 aliphatic heterocycles. The monoisotopic (exact) mass is 239 g/mol. The number of rotatable bonds is 2. The third-order valence-electron chi connectivity index (χ3n) is 2.94. The Kier molecular flexibility index (Phi) is 2.48. The van der Waals surface area contributed by atoms with Gasteiger partial charge in [-0.3, -0.25) is 9.36 Å². The molecule has 90 valence electrons. The van der Waals surface area contributed by atoms with Gasteiger partial charge < -0.3 is 4.98 Å². The molecule has 4 heteroatoms. The Labute approximate surface area is 104 Å². The molecule has 0 aliphatic carbocycles. The van der Waals surface area contributed by atoms with E-state index in [1.165, 1.54) is 0 Å². The van der Waals surface area contributed by atoms with Crippen LogP contribution in [0.15, 0.2) is 47.5 Å². The zero-order chi connectivity index (χ0) is 12.5. The summed E-state index contributed by atoms with van der Waals surface area (Å²) in [5.74, 6) is 0. The van der Waals surface area contributed by atoms with E-state index in [4.69, 9.17) is 0 Å². The quantitative estimate of drug-likeness (QED) is 0.744. The molecule has 2 aromatic heterocycles. The van der Waals surface area contributed by atoms with Crippen molar-refractivity contribution in [3.05, 3.63) is 64.3 Å². The molecular weight excluding hydrogens is 226 g/mol. The van der Waals surface area contributed by atoms with Gasteiger partial charge in [-0.1, -0.05) is 30.3 Å². The first-order valence-corrected chi connectivity index (χ1v) is 5.83. The maximum absolute atomic E-state index is 12.2. The maximum Gasteiger partial charge on any atom is 0.263 e. The summed E-state index contributed by atoms with van der Waals surface area (Å²) < 4.78 is 1.63. The highest BCUT2D eigenvalue weighted by Crippen LogP contribution is 2.08. The van der Waals surface area contributed by atoms with Crippen LogP contribution in [-0.4, -0.2) is 14.5 Å². The summed E-state index contributed by atoms with van der Waals surface area (Å²) in [5, 5.41) is 0.644. The summed E-state index contributed by atoms with van der Waals surface area (Å²) in [6.07, 6.45) is 1.59. The molecule has 0 fully saturated rings. The van der Waals surface area contributed by atoms with E-state index in [2.05, 4.69) is 9.97 Å².